The lowest BCUT2D eigenvalue weighted by molar-refractivity contribution is -0.122. The summed E-state index contributed by atoms with van der Waals surface area (Å²) in [5.41, 5.74) is 7.19. The summed E-state index contributed by atoms with van der Waals surface area (Å²) in [4.78, 5) is 10.9. The minimum atomic E-state index is -0.152. The van der Waals surface area contributed by atoms with Crippen LogP contribution >= 0.6 is 0 Å². The van der Waals surface area contributed by atoms with Crippen LogP contribution in [0.3, 0.4) is 0 Å². The monoisotopic (exact) mass is 194 g/mol. The number of ether oxygens (including phenoxy) is 1. The third-order valence-corrected chi connectivity index (χ3v) is 1.84. The minimum Gasteiger partial charge on any atom is -0.484 e. The van der Waals surface area contributed by atoms with Crippen LogP contribution < -0.4 is 15.8 Å². The van der Waals surface area contributed by atoms with E-state index in [4.69, 9.17) is 10.5 Å². The second-order valence-electron chi connectivity index (χ2n) is 2.99. The van der Waals surface area contributed by atoms with Crippen molar-refractivity contribution in [1.82, 2.24) is 5.32 Å². The first-order valence-corrected chi connectivity index (χ1v) is 4.33. The van der Waals surface area contributed by atoms with Crippen molar-refractivity contribution in [2.45, 2.75) is 6.92 Å². The standard InChI is InChI=1S/C10H14N2O2/c1-7-5-8(11)3-4-9(7)14-6-10(13)12-2/h3-5H,6,11H2,1-2H3,(H,12,13). The van der Waals surface area contributed by atoms with Crippen molar-refractivity contribution in [3.8, 4) is 5.75 Å². The summed E-state index contributed by atoms with van der Waals surface area (Å²) in [7, 11) is 1.57. The summed E-state index contributed by atoms with van der Waals surface area (Å²) in [6.07, 6.45) is 0. The number of nitrogen functional groups attached to an aromatic ring is 1. The molecule has 0 aliphatic rings. The van der Waals surface area contributed by atoms with Crippen LogP contribution in [0.5, 0.6) is 5.75 Å². The molecular weight excluding hydrogens is 180 g/mol. The van der Waals surface area contributed by atoms with Crippen LogP contribution in [0.15, 0.2) is 18.2 Å². The van der Waals surface area contributed by atoms with Gasteiger partial charge in [-0.15, -0.1) is 0 Å². The van der Waals surface area contributed by atoms with Crippen LogP contribution in [-0.4, -0.2) is 19.6 Å². The maximum Gasteiger partial charge on any atom is 0.257 e. The average Bonchev–Trinajstić information content (AvgIpc) is 2.16. The van der Waals surface area contributed by atoms with Crippen molar-refractivity contribution in [3.05, 3.63) is 23.8 Å². The van der Waals surface area contributed by atoms with Gasteiger partial charge in [0.15, 0.2) is 6.61 Å². The molecule has 1 amide bonds. The van der Waals surface area contributed by atoms with Crippen LogP contribution in [0, 0.1) is 6.92 Å². The van der Waals surface area contributed by atoms with E-state index in [0.717, 1.165) is 5.56 Å². The van der Waals surface area contributed by atoms with E-state index in [0.29, 0.717) is 11.4 Å². The lowest BCUT2D eigenvalue weighted by Gasteiger charge is -2.08. The van der Waals surface area contributed by atoms with Crippen LogP contribution in [-0.2, 0) is 4.79 Å². The van der Waals surface area contributed by atoms with E-state index >= 15 is 0 Å². The SMILES string of the molecule is CNC(=O)COc1ccc(N)cc1C. The molecule has 1 rings (SSSR count). The Hall–Kier alpha value is -1.71. The number of likely N-dealkylation sites (N-methyl/N-ethyl adjacent to an activating group) is 1. The number of aryl methyl sites for hydroxylation is 1. The number of nitrogens with two attached hydrogens (primary N) is 1. The molecule has 4 heteroatoms. The van der Waals surface area contributed by atoms with Gasteiger partial charge in [-0.05, 0) is 30.7 Å². The zero-order valence-electron chi connectivity index (χ0n) is 8.33. The van der Waals surface area contributed by atoms with Crippen molar-refractivity contribution in [1.29, 1.82) is 0 Å². The number of rotatable bonds is 3. The maximum absolute atomic E-state index is 10.9. The van der Waals surface area contributed by atoms with E-state index < -0.39 is 0 Å². The Balaban J connectivity index is 2.63. The van der Waals surface area contributed by atoms with E-state index in [1.165, 1.54) is 0 Å². The predicted molar refractivity (Wildman–Crippen MR) is 55.2 cm³/mol. The highest BCUT2D eigenvalue weighted by Crippen LogP contribution is 2.19. The summed E-state index contributed by atoms with van der Waals surface area (Å²) < 4.78 is 5.28. The molecule has 0 radical (unpaired) electrons. The Morgan fingerprint density at radius 2 is 2.29 bits per heavy atom. The molecule has 0 aromatic heterocycles. The molecular formula is C10H14N2O2. The van der Waals surface area contributed by atoms with Crippen LogP contribution in [0.25, 0.3) is 0 Å². The molecule has 3 N–H and O–H groups in total. The molecule has 1 aromatic rings. The average molecular weight is 194 g/mol. The van der Waals surface area contributed by atoms with E-state index in [2.05, 4.69) is 5.32 Å². The Labute approximate surface area is 83.1 Å². The quantitative estimate of drug-likeness (QED) is 0.696. The normalized spacial score (nSPS) is 9.57. The number of nitrogens with one attached hydrogen (secondary N) is 1. The largest absolute Gasteiger partial charge is 0.484 e. The summed E-state index contributed by atoms with van der Waals surface area (Å²) >= 11 is 0. The molecule has 0 atom stereocenters. The Kier molecular flexibility index (Phi) is 3.34. The van der Waals surface area contributed by atoms with Crippen molar-refractivity contribution in [2.24, 2.45) is 0 Å². The van der Waals surface area contributed by atoms with Gasteiger partial charge in [0.25, 0.3) is 5.91 Å². The molecule has 0 spiro atoms. The summed E-state index contributed by atoms with van der Waals surface area (Å²) in [5.74, 6) is 0.532. The Bertz CT molecular complexity index is 337. The zero-order valence-corrected chi connectivity index (χ0v) is 8.33. The number of carbonyl (C=O) groups excluding carboxylic acids is 1. The number of anilines is 1. The van der Waals surface area contributed by atoms with Gasteiger partial charge in [0.05, 0.1) is 0 Å². The van der Waals surface area contributed by atoms with E-state index in [-0.39, 0.29) is 12.5 Å². The van der Waals surface area contributed by atoms with Gasteiger partial charge in [-0.1, -0.05) is 0 Å². The van der Waals surface area contributed by atoms with E-state index in [1.807, 2.05) is 6.92 Å². The summed E-state index contributed by atoms with van der Waals surface area (Å²) in [6.45, 7) is 1.91. The van der Waals surface area contributed by atoms with Gasteiger partial charge in [-0.3, -0.25) is 4.79 Å². The van der Waals surface area contributed by atoms with Crippen molar-refractivity contribution >= 4 is 11.6 Å². The molecule has 0 unspecified atom stereocenters. The Morgan fingerprint density at radius 3 is 2.86 bits per heavy atom. The highest BCUT2D eigenvalue weighted by Gasteiger charge is 2.02. The van der Waals surface area contributed by atoms with E-state index in [1.54, 1.807) is 25.2 Å². The molecule has 4 nitrogen and oxygen atoms in total. The van der Waals surface area contributed by atoms with Crippen LogP contribution in [0.1, 0.15) is 5.56 Å². The molecule has 0 saturated carbocycles. The molecule has 0 fully saturated rings. The minimum absolute atomic E-state index is 0.0290. The fourth-order valence-electron chi connectivity index (χ4n) is 1.05. The number of hydrogen-bond acceptors (Lipinski definition) is 3. The topological polar surface area (TPSA) is 64.3 Å². The number of carbonyl (C=O) groups is 1. The molecule has 0 aliphatic heterocycles. The first kappa shape index (κ1) is 10.4. The second-order valence-corrected chi connectivity index (χ2v) is 2.99. The van der Waals surface area contributed by atoms with Gasteiger partial charge in [-0.2, -0.15) is 0 Å². The molecule has 0 bridgehead atoms. The maximum atomic E-state index is 10.9. The summed E-state index contributed by atoms with van der Waals surface area (Å²) in [5, 5.41) is 2.48. The second kappa shape index (κ2) is 4.50. The number of amides is 1. The lowest BCUT2D eigenvalue weighted by Crippen LogP contribution is -2.24. The third-order valence-electron chi connectivity index (χ3n) is 1.84. The fourth-order valence-corrected chi connectivity index (χ4v) is 1.05. The molecule has 76 valence electrons. The summed E-state index contributed by atoms with van der Waals surface area (Å²) in [6, 6.07) is 5.30. The van der Waals surface area contributed by atoms with Gasteiger partial charge in [0, 0.05) is 12.7 Å². The van der Waals surface area contributed by atoms with Gasteiger partial charge < -0.3 is 15.8 Å². The molecule has 0 aliphatic carbocycles. The fraction of sp³-hybridized carbons (Fsp3) is 0.300. The van der Waals surface area contributed by atoms with Crippen LogP contribution in [0.2, 0.25) is 0 Å². The zero-order chi connectivity index (χ0) is 10.6. The Morgan fingerprint density at radius 1 is 1.57 bits per heavy atom. The predicted octanol–water partition coefficient (Wildman–Crippen LogP) is 0.702. The highest BCUT2D eigenvalue weighted by atomic mass is 16.5. The van der Waals surface area contributed by atoms with Crippen molar-refractivity contribution in [2.75, 3.05) is 19.4 Å². The van der Waals surface area contributed by atoms with Gasteiger partial charge >= 0.3 is 0 Å². The van der Waals surface area contributed by atoms with Crippen LogP contribution in [0.4, 0.5) is 5.69 Å². The first-order chi connectivity index (χ1) is 6.63. The van der Waals surface area contributed by atoms with Gasteiger partial charge in [-0.25, -0.2) is 0 Å². The smallest absolute Gasteiger partial charge is 0.257 e. The molecule has 1 aromatic carbocycles. The van der Waals surface area contributed by atoms with E-state index in [9.17, 15) is 4.79 Å². The molecule has 0 saturated heterocycles. The third kappa shape index (κ3) is 2.65. The number of hydrogen-bond donors (Lipinski definition) is 2. The van der Waals surface area contributed by atoms with Crippen molar-refractivity contribution in [3.63, 3.8) is 0 Å². The number of benzene rings is 1. The van der Waals surface area contributed by atoms with Crippen molar-refractivity contribution < 1.29 is 9.53 Å². The van der Waals surface area contributed by atoms with Gasteiger partial charge in [0.1, 0.15) is 5.75 Å². The molecule has 14 heavy (non-hydrogen) atoms. The lowest BCUT2D eigenvalue weighted by atomic mass is 10.2. The highest BCUT2D eigenvalue weighted by molar-refractivity contribution is 5.77. The first-order valence-electron chi connectivity index (χ1n) is 4.33. The molecule has 0 heterocycles. The van der Waals surface area contributed by atoms with Gasteiger partial charge in [0.2, 0.25) is 0 Å².